The molecule has 2 aliphatic rings. The average molecular weight is 243 g/mol. The van der Waals surface area contributed by atoms with Crippen molar-refractivity contribution in [3.63, 3.8) is 0 Å². The van der Waals surface area contributed by atoms with E-state index in [0.717, 1.165) is 30.8 Å². The van der Waals surface area contributed by atoms with E-state index in [9.17, 15) is 9.90 Å². The van der Waals surface area contributed by atoms with Gasteiger partial charge in [-0.15, -0.1) is 0 Å². The maximum absolute atomic E-state index is 11.5. The van der Waals surface area contributed by atoms with Gasteiger partial charge in [-0.1, -0.05) is 19.3 Å². The number of thioether (sulfide) groups is 1. The molecule has 1 heterocycles. The Bertz CT molecular complexity index is 268. The molecular formula is C12H21NO2S. The highest BCUT2D eigenvalue weighted by Gasteiger charge is 2.46. The lowest BCUT2D eigenvalue weighted by Gasteiger charge is -2.41. The lowest BCUT2D eigenvalue weighted by Crippen LogP contribution is -2.61. The first-order chi connectivity index (χ1) is 7.56. The molecule has 92 valence electrons. The van der Waals surface area contributed by atoms with Crippen LogP contribution in [0.3, 0.4) is 0 Å². The monoisotopic (exact) mass is 243 g/mol. The summed E-state index contributed by atoms with van der Waals surface area (Å²) in [6.07, 6.45) is 6.76. The number of carboxylic acids is 1. The lowest BCUT2D eigenvalue weighted by atomic mass is 9.80. The van der Waals surface area contributed by atoms with Crippen LogP contribution >= 0.6 is 11.8 Å². The average Bonchev–Trinajstić information content (AvgIpc) is 2.68. The number of rotatable bonds is 3. The Kier molecular flexibility index (Phi) is 3.50. The van der Waals surface area contributed by atoms with Gasteiger partial charge in [0.2, 0.25) is 0 Å². The maximum Gasteiger partial charge on any atom is 0.324 e. The second-order valence-corrected chi connectivity index (χ2v) is 6.54. The zero-order valence-electron chi connectivity index (χ0n) is 9.92. The summed E-state index contributed by atoms with van der Waals surface area (Å²) < 4.78 is 0. The van der Waals surface area contributed by atoms with Gasteiger partial charge in [0.25, 0.3) is 0 Å². The summed E-state index contributed by atoms with van der Waals surface area (Å²) in [5.74, 6) is 1.03. The smallest absolute Gasteiger partial charge is 0.324 e. The standard InChI is InChI=1S/C12H21NO2S/c1-11(5-3-2-4-6-11)13-12(10(14)15)7-8-16-9-12/h13H,2-9H2,1H3,(H,14,15). The van der Waals surface area contributed by atoms with E-state index in [1.165, 1.54) is 19.3 Å². The van der Waals surface area contributed by atoms with Gasteiger partial charge in [-0.3, -0.25) is 10.1 Å². The summed E-state index contributed by atoms with van der Waals surface area (Å²) in [4.78, 5) is 11.5. The third-order valence-corrected chi connectivity index (χ3v) is 5.12. The molecule has 0 spiro atoms. The van der Waals surface area contributed by atoms with Crippen molar-refractivity contribution < 1.29 is 9.90 Å². The van der Waals surface area contributed by atoms with Crippen LogP contribution < -0.4 is 5.32 Å². The molecule has 0 radical (unpaired) electrons. The number of aliphatic carboxylic acids is 1. The fourth-order valence-corrected chi connectivity index (χ4v) is 4.25. The normalized spacial score (nSPS) is 33.8. The van der Waals surface area contributed by atoms with Crippen LogP contribution in [0.4, 0.5) is 0 Å². The Hall–Kier alpha value is -0.220. The van der Waals surface area contributed by atoms with Crippen LogP contribution in [0.5, 0.6) is 0 Å². The molecule has 3 nitrogen and oxygen atoms in total. The van der Waals surface area contributed by atoms with Crippen molar-refractivity contribution in [2.24, 2.45) is 0 Å². The molecule has 2 rings (SSSR count). The van der Waals surface area contributed by atoms with Crippen LogP contribution in [0.1, 0.15) is 45.4 Å². The Morgan fingerprint density at radius 1 is 1.25 bits per heavy atom. The van der Waals surface area contributed by atoms with Crippen molar-refractivity contribution in [3.8, 4) is 0 Å². The quantitative estimate of drug-likeness (QED) is 0.798. The van der Waals surface area contributed by atoms with Crippen LogP contribution in [0.15, 0.2) is 0 Å². The van der Waals surface area contributed by atoms with E-state index in [1.54, 1.807) is 11.8 Å². The van der Waals surface area contributed by atoms with Gasteiger partial charge in [0.1, 0.15) is 5.54 Å². The molecule has 0 aromatic carbocycles. The summed E-state index contributed by atoms with van der Waals surface area (Å²) >= 11 is 1.75. The van der Waals surface area contributed by atoms with Gasteiger partial charge in [-0.25, -0.2) is 0 Å². The summed E-state index contributed by atoms with van der Waals surface area (Å²) in [7, 11) is 0. The van der Waals surface area contributed by atoms with Gasteiger partial charge in [-0.2, -0.15) is 11.8 Å². The van der Waals surface area contributed by atoms with Crippen LogP contribution in [-0.4, -0.2) is 33.7 Å². The fourth-order valence-electron chi connectivity index (χ4n) is 2.92. The summed E-state index contributed by atoms with van der Waals surface area (Å²) in [6, 6.07) is 0. The minimum Gasteiger partial charge on any atom is -0.480 e. The molecule has 0 aromatic heterocycles. The number of carbonyl (C=O) groups is 1. The van der Waals surface area contributed by atoms with Crippen molar-refractivity contribution in [1.29, 1.82) is 0 Å². The molecule has 2 N–H and O–H groups in total. The Balaban J connectivity index is 2.07. The van der Waals surface area contributed by atoms with Gasteiger partial charge in [-0.05, 0) is 31.9 Å². The van der Waals surface area contributed by atoms with Crippen molar-refractivity contribution in [2.75, 3.05) is 11.5 Å². The van der Waals surface area contributed by atoms with Crippen LogP contribution in [-0.2, 0) is 4.79 Å². The SMILES string of the molecule is CC1(NC2(C(=O)O)CCSC2)CCCCC1. The first kappa shape index (κ1) is 12.2. The first-order valence-corrected chi connectivity index (χ1v) is 7.32. The molecular weight excluding hydrogens is 222 g/mol. The van der Waals surface area contributed by atoms with E-state index in [-0.39, 0.29) is 5.54 Å². The van der Waals surface area contributed by atoms with E-state index in [1.807, 2.05) is 0 Å². The van der Waals surface area contributed by atoms with E-state index >= 15 is 0 Å². The van der Waals surface area contributed by atoms with Gasteiger partial charge < -0.3 is 5.11 Å². The zero-order chi connectivity index (χ0) is 11.6. The molecule has 1 saturated heterocycles. The highest BCUT2D eigenvalue weighted by Crippen LogP contribution is 2.35. The van der Waals surface area contributed by atoms with Crippen molar-refractivity contribution in [2.45, 2.75) is 56.5 Å². The lowest BCUT2D eigenvalue weighted by molar-refractivity contribution is -0.145. The van der Waals surface area contributed by atoms with Gasteiger partial charge in [0, 0.05) is 11.3 Å². The predicted molar refractivity (Wildman–Crippen MR) is 66.9 cm³/mol. The molecule has 2 fully saturated rings. The van der Waals surface area contributed by atoms with Crippen LogP contribution in [0.2, 0.25) is 0 Å². The fraction of sp³-hybridized carbons (Fsp3) is 0.917. The van der Waals surface area contributed by atoms with E-state index in [4.69, 9.17) is 0 Å². The summed E-state index contributed by atoms with van der Waals surface area (Å²) in [6.45, 7) is 2.19. The molecule has 1 unspecified atom stereocenters. The maximum atomic E-state index is 11.5. The Labute approximate surface area is 101 Å². The molecule has 4 heteroatoms. The second-order valence-electron chi connectivity index (χ2n) is 5.44. The third kappa shape index (κ3) is 2.38. The molecule has 1 saturated carbocycles. The van der Waals surface area contributed by atoms with E-state index < -0.39 is 11.5 Å². The largest absolute Gasteiger partial charge is 0.480 e. The Morgan fingerprint density at radius 3 is 2.44 bits per heavy atom. The van der Waals surface area contributed by atoms with Crippen molar-refractivity contribution in [1.82, 2.24) is 5.32 Å². The highest BCUT2D eigenvalue weighted by molar-refractivity contribution is 7.99. The molecule has 0 amide bonds. The van der Waals surface area contributed by atoms with Gasteiger partial charge >= 0.3 is 5.97 Å². The topological polar surface area (TPSA) is 49.3 Å². The highest BCUT2D eigenvalue weighted by atomic mass is 32.2. The predicted octanol–water partition coefficient (Wildman–Crippen LogP) is 2.26. The minimum absolute atomic E-state index is 0.0432. The molecule has 16 heavy (non-hydrogen) atoms. The van der Waals surface area contributed by atoms with Crippen molar-refractivity contribution in [3.05, 3.63) is 0 Å². The number of hydrogen-bond acceptors (Lipinski definition) is 3. The third-order valence-electron chi connectivity index (χ3n) is 3.93. The van der Waals surface area contributed by atoms with E-state index in [2.05, 4.69) is 12.2 Å². The molecule has 0 bridgehead atoms. The molecule has 1 aliphatic heterocycles. The number of hydrogen-bond donors (Lipinski definition) is 2. The Morgan fingerprint density at radius 2 is 1.94 bits per heavy atom. The first-order valence-electron chi connectivity index (χ1n) is 6.17. The number of nitrogens with one attached hydrogen (secondary N) is 1. The summed E-state index contributed by atoms with van der Waals surface area (Å²) in [5.41, 5.74) is -0.613. The van der Waals surface area contributed by atoms with Crippen LogP contribution in [0.25, 0.3) is 0 Å². The van der Waals surface area contributed by atoms with E-state index in [0.29, 0.717) is 0 Å². The summed E-state index contributed by atoms with van der Waals surface area (Å²) in [5, 5.41) is 12.9. The minimum atomic E-state index is -0.663. The number of carboxylic acid groups (broad SMARTS) is 1. The van der Waals surface area contributed by atoms with Gasteiger partial charge in [0.05, 0.1) is 0 Å². The molecule has 1 atom stereocenters. The molecule has 1 aliphatic carbocycles. The van der Waals surface area contributed by atoms with Crippen LogP contribution in [0, 0.1) is 0 Å². The van der Waals surface area contributed by atoms with Gasteiger partial charge in [0.15, 0.2) is 0 Å². The molecule has 0 aromatic rings. The van der Waals surface area contributed by atoms with Crippen molar-refractivity contribution >= 4 is 17.7 Å². The zero-order valence-corrected chi connectivity index (χ0v) is 10.7. The second kappa shape index (κ2) is 4.57.